The SMILES string of the molecule is CC(C)(N)c1nnc([C@H](Cc2c[nH]c3ccccc23)NC(=O)C2(CC(=O)O)Cc3ccccc3C2)o1. The van der Waals surface area contributed by atoms with Crippen LogP contribution >= 0.6 is 0 Å². The number of nitrogens with one attached hydrogen (secondary N) is 2. The first-order valence-corrected chi connectivity index (χ1v) is 11.9. The topological polar surface area (TPSA) is 147 Å². The number of hydrogen-bond acceptors (Lipinski definition) is 6. The van der Waals surface area contributed by atoms with Gasteiger partial charge in [0.1, 0.15) is 6.04 Å². The minimum atomic E-state index is -1.11. The molecule has 36 heavy (non-hydrogen) atoms. The number of nitrogens with two attached hydrogens (primary N) is 1. The number of amides is 1. The molecule has 2 aromatic heterocycles. The van der Waals surface area contributed by atoms with E-state index in [-0.39, 0.29) is 24.1 Å². The Labute approximate surface area is 208 Å². The number of para-hydroxylation sites is 1. The van der Waals surface area contributed by atoms with Crippen LogP contribution in [0.4, 0.5) is 0 Å². The molecule has 0 unspecified atom stereocenters. The summed E-state index contributed by atoms with van der Waals surface area (Å²) in [6.45, 7) is 3.52. The number of fused-ring (bicyclic) bond motifs is 2. The van der Waals surface area contributed by atoms with Gasteiger partial charge in [-0.1, -0.05) is 42.5 Å². The van der Waals surface area contributed by atoms with Crippen molar-refractivity contribution in [3.63, 3.8) is 0 Å². The molecule has 186 valence electrons. The number of benzene rings is 2. The number of aromatic amines is 1. The number of carbonyl (C=O) groups excluding carboxylic acids is 1. The first kappa shape index (κ1) is 23.7. The average Bonchev–Trinajstić information content (AvgIpc) is 3.55. The van der Waals surface area contributed by atoms with Crippen LogP contribution in [0.25, 0.3) is 10.9 Å². The first-order valence-electron chi connectivity index (χ1n) is 11.9. The van der Waals surface area contributed by atoms with Gasteiger partial charge >= 0.3 is 5.97 Å². The van der Waals surface area contributed by atoms with Crippen molar-refractivity contribution in [2.75, 3.05) is 0 Å². The van der Waals surface area contributed by atoms with Crippen molar-refractivity contribution in [1.29, 1.82) is 0 Å². The lowest BCUT2D eigenvalue weighted by atomic mass is 9.80. The van der Waals surface area contributed by atoms with Crippen molar-refractivity contribution in [3.8, 4) is 0 Å². The number of H-pyrrole nitrogens is 1. The number of carboxylic acid groups (broad SMARTS) is 1. The van der Waals surface area contributed by atoms with E-state index < -0.39 is 23.0 Å². The Morgan fingerprint density at radius 1 is 1.14 bits per heavy atom. The van der Waals surface area contributed by atoms with Gasteiger partial charge in [-0.2, -0.15) is 0 Å². The van der Waals surface area contributed by atoms with Crippen LogP contribution < -0.4 is 11.1 Å². The molecule has 9 heteroatoms. The fraction of sp³-hybridized carbons (Fsp3) is 0.333. The smallest absolute Gasteiger partial charge is 0.304 e. The van der Waals surface area contributed by atoms with Crippen molar-refractivity contribution in [3.05, 3.63) is 83.2 Å². The number of hydrogen-bond donors (Lipinski definition) is 4. The van der Waals surface area contributed by atoms with E-state index in [1.165, 1.54) is 0 Å². The molecule has 0 aliphatic heterocycles. The van der Waals surface area contributed by atoms with Gasteiger partial charge in [-0.15, -0.1) is 10.2 Å². The van der Waals surface area contributed by atoms with Crippen molar-refractivity contribution in [1.82, 2.24) is 20.5 Å². The largest absolute Gasteiger partial charge is 0.481 e. The normalized spacial score (nSPS) is 15.5. The quantitative estimate of drug-likeness (QED) is 0.298. The van der Waals surface area contributed by atoms with E-state index in [9.17, 15) is 14.7 Å². The molecule has 2 aromatic carbocycles. The van der Waals surface area contributed by atoms with Crippen LogP contribution in [0.3, 0.4) is 0 Å². The molecule has 2 heterocycles. The monoisotopic (exact) mass is 487 g/mol. The summed E-state index contributed by atoms with van der Waals surface area (Å²) in [7, 11) is 0. The molecule has 0 bridgehead atoms. The van der Waals surface area contributed by atoms with Gasteiger partial charge < -0.3 is 25.6 Å². The van der Waals surface area contributed by atoms with E-state index in [1.807, 2.05) is 54.7 Å². The Hall–Kier alpha value is -3.98. The number of aromatic nitrogens is 3. The highest BCUT2D eigenvalue weighted by Gasteiger charge is 2.46. The molecule has 5 rings (SSSR count). The third-order valence-electron chi connectivity index (χ3n) is 6.84. The fourth-order valence-electron chi connectivity index (χ4n) is 5.02. The zero-order valence-corrected chi connectivity index (χ0v) is 20.2. The van der Waals surface area contributed by atoms with Crippen LogP contribution in [-0.4, -0.2) is 32.2 Å². The number of nitrogens with zero attached hydrogens (tertiary/aromatic N) is 2. The molecular weight excluding hydrogens is 458 g/mol. The summed E-state index contributed by atoms with van der Waals surface area (Å²) in [4.78, 5) is 29.0. The summed E-state index contributed by atoms with van der Waals surface area (Å²) >= 11 is 0. The summed E-state index contributed by atoms with van der Waals surface area (Å²) in [5.41, 5.74) is 8.12. The Balaban J connectivity index is 1.49. The molecule has 1 atom stereocenters. The maximum atomic E-state index is 13.9. The Kier molecular flexibility index (Phi) is 5.88. The second-order valence-electron chi connectivity index (χ2n) is 10.2. The number of aliphatic carboxylic acids is 1. The summed E-state index contributed by atoms with van der Waals surface area (Å²) in [6, 6.07) is 14.9. The summed E-state index contributed by atoms with van der Waals surface area (Å²) < 4.78 is 5.92. The molecule has 1 amide bonds. The Morgan fingerprint density at radius 3 is 2.44 bits per heavy atom. The molecule has 1 aliphatic rings. The van der Waals surface area contributed by atoms with E-state index in [2.05, 4.69) is 20.5 Å². The van der Waals surface area contributed by atoms with Crippen molar-refractivity contribution < 1.29 is 19.1 Å². The molecule has 1 aliphatic carbocycles. The molecule has 5 N–H and O–H groups in total. The van der Waals surface area contributed by atoms with E-state index >= 15 is 0 Å². The van der Waals surface area contributed by atoms with Gasteiger partial charge in [0.25, 0.3) is 0 Å². The van der Waals surface area contributed by atoms with Gasteiger partial charge in [-0.25, -0.2) is 0 Å². The predicted molar refractivity (Wildman–Crippen MR) is 133 cm³/mol. The molecule has 0 fully saturated rings. The Morgan fingerprint density at radius 2 is 1.81 bits per heavy atom. The third-order valence-corrected chi connectivity index (χ3v) is 6.84. The number of carboxylic acids is 1. The van der Waals surface area contributed by atoms with Crippen LogP contribution in [0.1, 0.15) is 54.8 Å². The molecule has 0 radical (unpaired) electrons. The lowest BCUT2D eigenvalue weighted by Crippen LogP contribution is -2.45. The number of rotatable bonds is 8. The first-order chi connectivity index (χ1) is 17.1. The molecule has 0 saturated heterocycles. The summed E-state index contributed by atoms with van der Waals surface area (Å²) in [5, 5.41) is 22.1. The Bertz CT molecular complexity index is 1410. The zero-order valence-electron chi connectivity index (χ0n) is 20.2. The fourth-order valence-corrected chi connectivity index (χ4v) is 5.02. The van der Waals surface area contributed by atoms with Gasteiger partial charge in [0, 0.05) is 23.5 Å². The second-order valence-corrected chi connectivity index (χ2v) is 10.2. The highest BCUT2D eigenvalue weighted by molar-refractivity contribution is 5.89. The van der Waals surface area contributed by atoms with Gasteiger partial charge in [0.05, 0.1) is 17.4 Å². The van der Waals surface area contributed by atoms with Crippen LogP contribution in [0.15, 0.2) is 59.1 Å². The highest BCUT2D eigenvalue weighted by Crippen LogP contribution is 2.41. The second kappa shape index (κ2) is 8.91. The van der Waals surface area contributed by atoms with E-state index in [0.717, 1.165) is 27.6 Å². The number of carbonyl (C=O) groups is 2. The molecule has 4 aromatic rings. The molecule has 0 saturated carbocycles. The van der Waals surface area contributed by atoms with E-state index in [1.54, 1.807) is 13.8 Å². The van der Waals surface area contributed by atoms with Crippen LogP contribution in [0.2, 0.25) is 0 Å². The third kappa shape index (κ3) is 4.49. The van der Waals surface area contributed by atoms with E-state index in [4.69, 9.17) is 10.2 Å². The van der Waals surface area contributed by atoms with Gasteiger partial charge in [-0.05, 0) is 49.4 Å². The van der Waals surface area contributed by atoms with Gasteiger partial charge in [0.15, 0.2) is 0 Å². The minimum Gasteiger partial charge on any atom is -0.481 e. The lowest BCUT2D eigenvalue weighted by Gasteiger charge is -2.28. The van der Waals surface area contributed by atoms with Crippen molar-refractivity contribution in [2.24, 2.45) is 11.1 Å². The van der Waals surface area contributed by atoms with Crippen LogP contribution in [-0.2, 0) is 34.4 Å². The van der Waals surface area contributed by atoms with E-state index in [0.29, 0.717) is 19.3 Å². The summed E-state index contributed by atoms with van der Waals surface area (Å²) in [6.07, 6.45) is 2.70. The summed E-state index contributed by atoms with van der Waals surface area (Å²) in [5.74, 6) is -0.888. The van der Waals surface area contributed by atoms with Crippen molar-refractivity contribution in [2.45, 2.75) is 51.1 Å². The van der Waals surface area contributed by atoms with Crippen molar-refractivity contribution >= 4 is 22.8 Å². The standard InChI is InChI=1S/C27H29N5O4/c1-26(2,28)25-32-31-23(36-25)21(11-18-15-29-20-10-6-5-9-19(18)20)30-24(35)27(14-22(33)34)12-16-7-3-4-8-17(16)13-27/h3-10,15,21,29H,11-14,28H2,1-2H3,(H,30,35)(H,33,34)/t21-/m0/s1. The maximum absolute atomic E-state index is 13.9. The lowest BCUT2D eigenvalue weighted by molar-refractivity contribution is -0.145. The van der Waals surface area contributed by atoms with Crippen LogP contribution in [0, 0.1) is 5.41 Å². The van der Waals surface area contributed by atoms with Gasteiger partial charge in [0.2, 0.25) is 17.7 Å². The molecule has 9 nitrogen and oxygen atoms in total. The maximum Gasteiger partial charge on any atom is 0.304 e. The molecule has 0 spiro atoms. The van der Waals surface area contributed by atoms with Gasteiger partial charge in [-0.3, -0.25) is 9.59 Å². The predicted octanol–water partition coefficient (Wildman–Crippen LogP) is 3.40. The molecular formula is C27H29N5O4. The average molecular weight is 488 g/mol. The minimum absolute atomic E-state index is 0.225. The highest BCUT2D eigenvalue weighted by atomic mass is 16.4. The van der Waals surface area contributed by atoms with Crippen LogP contribution in [0.5, 0.6) is 0 Å². The zero-order chi connectivity index (χ0) is 25.5.